The van der Waals surface area contributed by atoms with Gasteiger partial charge in [0.15, 0.2) is 0 Å². The topological polar surface area (TPSA) is 41.6 Å². The highest BCUT2D eigenvalue weighted by molar-refractivity contribution is 5.74. The zero-order valence-electron chi connectivity index (χ0n) is 14.0. The number of ether oxygens (including phenoxy) is 1. The molecule has 1 N–H and O–H groups in total. The standard InChI is InChI=1S/C16H32N2O2/c1-12(2)9-14(16(3,4)5)17-15(19)18(6)10-13-7-8-20-11-13/h12-14H,7-11H2,1-6H3,(H,17,19). The summed E-state index contributed by atoms with van der Waals surface area (Å²) >= 11 is 0. The summed E-state index contributed by atoms with van der Waals surface area (Å²) in [6, 6.07) is 0.245. The van der Waals surface area contributed by atoms with Crippen molar-refractivity contribution in [1.82, 2.24) is 10.2 Å². The Morgan fingerprint density at radius 2 is 2.05 bits per heavy atom. The number of nitrogens with one attached hydrogen (secondary N) is 1. The van der Waals surface area contributed by atoms with E-state index in [1.165, 1.54) is 0 Å². The SMILES string of the molecule is CC(C)CC(NC(=O)N(C)CC1CCOC1)C(C)(C)C. The molecule has 0 saturated carbocycles. The van der Waals surface area contributed by atoms with E-state index in [0.29, 0.717) is 11.8 Å². The highest BCUT2D eigenvalue weighted by Gasteiger charge is 2.28. The van der Waals surface area contributed by atoms with Gasteiger partial charge in [-0.2, -0.15) is 0 Å². The van der Waals surface area contributed by atoms with Gasteiger partial charge in [0.25, 0.3) is 0 Å². The third-order valence-electron chi connectivity index (χ3n) is 3.95. The van der Waals surface area contributed by atoms with Gasteiger partial charge in [0.05, 0.1) is 6.61 Å². The van der Waals surface area contributed by atoms with Gasteiger partial charge in [-0.05, 0) is 24.2 Å². The van der Waals surface area contributed by atoms with Crippen LogP contribution in [0.4, 0.5) is 4.79 Å². The molecule has 118 valence electrons. The first-order valence-corrected chi connectivity index (χ1v) is 7.79. The van der Waals surface area contributed by atoms with E-state index in [9.17, 15) is 4.79 Å². The van der Waals surface area contributed by atoms with Crippen LogP contribution in [0.1, 0.15) is 47.5 Å². The fraction of sp³-hybridized carbons (Fsp3) is 0.938. The molecule has 2 amide bonds. The molecule has 0 radical (unpaired) electrons. The smallest absolute Gasteiger partial charge is 0.317 e. The third kappa shape index (κ3) is 5.70. The van der Waals surface area contributed by atoms with Gasteiger partial charge in [0.2, 0.25) is 0 Å². The molecule has 1 aliphatic rings. The zero-order valence-corrected chi connectivity index (χ0v) is 14.0. The molecule has 1 saturated heterocycles. The van der Waals surface area contributed by atoms with Crippen molar-refractivity contribution in [3.8, 4) is 0 Å². The Morgan fingerprint density at radius 1 is 1.40 bits per heavy atom. The van der Waals surface area contributed by atoms with Crippen LogP contribution in [0.3, 0.4) is 0 Å². The van der Waals surface area contributed by atoms with Crippen LogP contribution in [-0.2, 0) is 4.74 Å². The molecule has 2 unspecified atom stereocenters. The van der Waals surface area contributed by atoms with Crippen molar-refractivity contribution in [3.63, 3.8) is 0 Å². The number of amides is 2. The van der Waals surface area contributed by atoms with Gasteiger partial charge in [-0.1, -0.05) is 34.6 Å². The Morgan fingerprint density at radius 3 is 2.50 bits per heavy atom. The maximum atomic E-state index is 12.3. The number of nitrogens with zero attached hydrogens (tertiary/aromatic N) is 1. The van der Waals surface area contributed by atoms with E-state index in [-0.39, 0.29) is 17.5 Å². The number of carbonyl (C=O) groups excluding carboxylic acids is 1. The molecule has 0 spiro atoms. The van der Waals surface area contributed by atoms with Crippen molar-refractivity contribution in [2.45, 2.75) is 53.5 Å². The van der Waals surface area contributed by atoms with Crippen molar-refractivity contribution in [2.24, 2.45) is 17.3 Å². The number of hydrogen-bond donors (Lipinski definition) is 1. The minimum atomic E-state index is 0.0393. The average Bonchev–Trinajstić information content (AvgIpc) is 2.78. The lowest BCUT2D eigenvalue weighted by molar-refractivity contribution is 0.162. The number of urea groups is 1. The van der Waals surface area contributed by atoms with Gasteiger partial charge in [-0.3, -0.25) is 0 Å². The Bertz CT molecular complexity index is 304. The molecule has 4 heteroatoms. The molecule has 4 nitrogen and oxygen atoms in total. The molecule has 0 aromatic heterocycles. The highest BCUT2D eigenvalue weighted by Crippen LogP contribution is 2.25. The van der Waals surface area contributed by atoms with Crippen LogP contribution < -0.4 is 5.32 Å². The molecule has 2 atom stereocenters. The predicted molar refractivity (Wildman–Crippen MR) is 82.8 cm³/mol. The Balaban J connectivity index is 2.51. The second-order valence-corrected chi connectivity index (χ2v) is 7.61. The molecule has 0 aromatic carbocycles. The Hall–Kier alpha value is -0.770. The zero-order chi connectivity index (χ0) is 15.3. The Kier molecular flexibility index (Phi) is 6.31. The lowest BCUT2D eigenvalue weighted by Crippen LogP contribution is -2.50. The van der Waals surface area contributed by atoms with Crippen LogP contribution in [0.25, 0.3) is 0 Å². The normalized spacial score (nSPS) is 21.1. The minimum Gasteiger partial charge on any atom is -0.381 e. The van der Waals surface area contributed by atoms with Gasteiger partial charge < -0.3 is 15.0 Å². The van der Waals surface area contributed by atoms with Crippen molar-refractivity contribution in [2.75, 3.05) is 26.8 Å². The van der Waals surface area contributed by atoms with Crippen molar-refractivity contribution < 1.29 is 9.53 Å². The first-order valence-electron chi connectivity index (χ1n) is 7.79. The van der Waals surface area contributed by atoms with Crippen molar-refractivity contribution in [3.05, 3.63) is 0 Å². The summed E-state index contributed by atoms with van der Waals surface area (Å²) in [5, 5.41) is 3.21. The number of carbonyl (C=O) groups is 1. The van der Waals surface area contributed by atoms with E-state index >= 15 is 0 Å². The molecule has 1 rings (SSSR count). The van der Waals surface area contributed by atoms with E-state index in [4.69, 9.17) is 4.74 Å². The summed E-state index contributed by atoms with van der Waals surface area (Å²) in [7, 11) is 1.88. The summed E-state index contributed by atoms with van der Waals surface area (Å²) in [6.07, 6.45) is 2.07. The number of hydrogen-bond acceptors (Lipinski definition) is 2. The summed E-state index contributed by atoms with van der Waals surface area (Å²) < 4.78 is 5.37. The van der Waals surface area contributed by atoms with Gasteiger partial charge in [0, 0.05) is 32.2 Å². The number of rotatable bonds is 5. The second-order valence-electron chi connectivity index (χ2n) is 7.61. The fourth-order valence-corrected chi connectivity index (χ4v) is 2.56. The first kappa shape index (κ1) is 17.3. The third-order valence-corrected chi connectivity index (χ3v) is 3.95. The van der Waals surface area contributed by atoms with Crippen LogP contribution in [-0.4, -0.2) is 43.8 Å². The second kappa shape index (κ2) is 7.30. The first-order chi connectivity index (χ1) is 9.20. The predicted octanol–water partition coefficient (Wildman–Crippen LogP) is 3.13. The molecular formula is C16H32N2O2. The van der Waals surface area contributed by atoms with Crippen LogP contribution >= 0.6 is 0 Å². The maximum Gasteiger partial charge on any atom is 0.317 e. The van der Waals surface area contributed by atoms with Crippen molar-refractivity contribution in [1.29, 1.82) is 0 Å². The van der Waals surface area contributed by atoms with Crippen LogP contribution in [0.2, 0.25) is 0 Å². The molecule has 1 fully saturated rings. The molecular weight excluding hydrogens is 252 g/mol. The van der Waals surface area contributed by atoms with Gasteiger partial charge in [0.1, 0.15) is 0 Å². The van der Waals surface area contributed by atoms with E-state index in [2.05, 4.69) is 39.9 Å². The molecule has 1 heterocycles. The van der Waals surface area contributed by atoms with Gasteiger partial charge in [-0.15, -0.1) is 0 Å². The van der Waals surface area contributed by atoms with Crippen LogP contribution in [0.15, 0.2) is 0 Å². The van der Waals surface area contributed by atoms with Crippen molar-refractivity contribution >= 4 is 6.03 Å². The van der Waals surface area contributed by atoms with Gasteiger partial charge in [-0.25, -0.2) is 4.79 Å². The largest absolute Gasteiger partial charge is 0.381 e. The highest BCUT2D eigenvalue weighted by atomic mass is 16.5. The molecule has 0 aromatic rings. The summed E-state index contributed by atoms with van der Waals surface area (Å²) in [4.78, 5) is 14.1. The lowest BCUT2D eigenvalue weighted by atomic mass is 9.82. The van der Waals surface area contributed by atoms with E-state index < -0.39 is 0 Å². The van der Waals surface area contributed by atoms with Crippen LogP contribution in [0, 0.1) is 17.3 Å². The fourth-order valence-electron chi connectivity index (χ4n) is 2.56. The van der Waals surface area contributed by atoms with Crippen LogP contribution in [0.5, 0.6) is 0 Å². The maximum absolute atomic E-state index is 12.3. The molecule has 1 aliphatic heterocycles. The monoisotopic (exact) mass is 284 g/mol. The summed E-state index contributed by atoms with van der Waals surface area (Å²) in [5.74, 6) is 1.07. The summed E-state index contributed by atoms with van der Waals surface area (Å²) in [5.41, 5.74) is 0.0806. The molecule has 0 bridgehead atoms. The van der Waals surface area contributed by atoms with E-state index in [0.717, 1.165) is 32.6 Å². The lowest BCUT2D eigenvalue weighted by Gasteiger charge is -2.34. The molecule has 20 heavy (non-hydrogen) atoms. The van der Waals surface area contributed by atoms with E-state index in [1.807, 2.05) is 7.05 Å². The van der Waals surface area contributed by atoms with E-state index in [1.54, 1.807) is 4.90 Å². The average molecular weight is 284 g/mol. The summed E-state index contributed by atoms with van der Waals surface area (Å²) in [6.45, 7) is 13.4. The Labute approximate surface area is 124 Å². The molecule has 0 aliphatic carbocycles. The van der Waals surface area contributed by atoms with Gasteiger partial charge >= 0.3 is 6.03 Å². The minimum absolute atomic E-state index is 0.0393. The quantitative estimate of drug-likeness (QED) is 0.842.